The number of amides is 2. The van der Waals surface area contributed by atoms with Crippen LogP contribution < -0.4 is 11.1 Å². The summed E-state index contributed by atoms with van der Waals surface area (Å²) >= 11 is 3.79. The first-order chi connectivity index (χ1) is 14.9. The zero-order chi connectivity index (χ0) is 22.1. The molecule has 31 heavy (non-hydrogen) atoms. The summed E-state index contributed by atoms with van der Waals surface area (Å²) in [4.78, 5) is 47.0. The van der Waals surface area contributed by atoms with Gasteiger partial charge < -0.3 is 21.4 Å². The van der Waals surface area contributed by atoms with Gasteiger partial charge in [-0.15, -0.1) is 34.4 Å². The van der Waals surface area contributed by atoms with E-state index in [-0.39, 0.29) is 22.2 Å². The number of carbonyl (C=O) groups is 3. The van der Waals surface area contributed by atoms with Gasteiger partial charge in [0.2, 0.25) is 0 Å². The number of allylic oxidation sites excluding steroid dienone is 1. The summed E-state index contributed by atoms with van der Waals surface area (Å²) in [5, 5.41) is 25.4. The molecule has 5 N–H and O–H groups in total. The number of β-lactam (4-membered cyclic amide) rings is 1. The second-order valence-electron chi connectivity index (χ2n) is 6.30. The molecule has 4 rings (SSSR count). The van der Waals surface area contributed by atoms with Gasteiger partial charge in [-0.2, -0.15) is 0 Å². The minimum Gasteiger partial charge on any atom is -0.477 e. The van der Waals surface area contributed by atoms with E-state index in [1.807, 2.05) is 0 Å². The number of aliphatic carboxylic acids is 1. The van der Waals surface area contributed by atoms with Crippen molar-refractivity contribution in [2.75, 3.05) is 11.5 Å². The summed E-state index contributed by atoms with van der Waals surface area (Å²) in [6.07, 6.45) is 5.05. The predicted octanol–water partition coefficient (Wildman–Crippen LogP) is 0.812. The third-order valence-corrected chi connectivity index (χ3v) is 7.18. The average Bonchev–Trinajstić information content (AvgIpc) is 3.42. The van der Waals surface area contributed by atoms with Crippen LogP contribution in [0.2, 0.25) is 0 Å². The number of nitrogens with zero attached hydrogens (tertiary/aromatic N) is 4. The van der Waals surface area contributed by atoms with E-state index in [1.54, 1.807) is 23.9 Å². The van der Waals surface area contributed by atoms with Crippen LogP contribution in [0, 0.1) is 0 Å². The van der Waals surface area contributed by atoms with Crippen LogP contribution >= 0.6 is 34.4 Å². The van der Waals surface area contributed by atoms with Crippen molar-refractivity contribution in [2.24, 2.45) is 5.16 Å². The van der Waals surface area contributed by atoms with E-state index in [4.69, 9.17) is 5.73 Å². The fourth-order valence-corrected chi connectivity index (χ4v) is 5.46. The van der Waals surface area contributed by atoms with E-state index >= 15 is 0 Å². The van der Waals surface area contributed by atoms with Gasteiger partial charge in [0.1, 0.15) is 22.8 Å². The normalized spacial score (nSPS) is 21.2. The van der Waals surface area contributed by atoms with Crippen molar-refractivity contribution in [3.63, 3.8) is 0 Å². The lowest BCUT2D eigenvalue weighted by Crippen LogP contribution is -2.71. The molecule has 0 radical (unpaired) electrons. The van der Waals surface area contributed by atoms with Gasteiger partial charge in [-0.05, 0) is 11.6 Å². The smallest absolute Gasteiger partial charge is 0.352 e. The van der Waals surface area contributed by atoms with E-state index in [0.717, 1.165) is 21.1 Å². The van der Waals surface area contributed by atoms with Gasteiger partial charge in [0.15, 0.2) is 10.8 Å². The van der Waals surface area contributed by atoms with Crippen molar-refractivity contribution in [1.29, 1.82) is 0 Å². The fraction of sp³-hybridized carbons (Fsp3) is 0.176. The molecule has 14 heteroatoms. The number of nitrogen functional groups attached to an aromatic ring is 1. The number of carboxylic acids is 1. The molecule has 2 aromatic rings. The highest BCUT2D eigenvalue weighted by atomic mass is 32.2. The number of rotatable bonds is 6. The molecule has 1 saturated heterocycles. The number of carboxylic acid groups (broad SMARTS) is 1. The van der Waals surface area contributed by atoms with Crippen LogP contribution in [0.25, 0.3) is 6.08 Å². The number of thiazole rings is 2. The molecule has 0 bridgehead atoms. The van der Waals surface area contributed by atoms with Crippen molar-refractivity contribution in [3.8, 4) is 0 Å². The van der Waals surface area contributed by atoms with Crippen molar-refractivity contribution >= 4 is 69.1 Å². The van der Waals surface area contributed by atoms with Gasteiger partial charge in [0.25, 0.3) is 11.8 Å². The fourth-order valence-electron chi connectivity index (χ4n) is 3.08. The van der Waals surface area contributed by atoms with E-state index in [0.29, 0.717) is 11.3 Å². The Morgan fingerprint density at radius 1 is 1.35 bits per heavy atom. The molecular formula is C17H14N6O5S3. The number of anilines is 1. The first-order valence-corrected chi connectivity index (χ1v) is 11.4. The van der Waals surface area contributed by atoms with E-state index < -0.39 is 29.2 Å². The first-order valence-electron chi connectivity index (χ1n) is 8.62. The lowest BCUT2D eigenvalue weighted by molar-refractivity contribution is -0.150. The van der Waals surface area contributed by atoms with Crippen LogP contribution in [-0.2, 0) is 14.4 Å². The molecule has 2 aliphatic rings. The number of oxime groups is 1. The Morgan fingerprint density at radius 3 is 2.77 bits per heavy atom. The number of thioether (sulfide) groups is 1. The Labute approximate surface area is 187 Å². The Balaban J connectivity index is 1.52. The van der Waals surface area contributed by atoms with Crippen LogP contribution in [0.1, 0.15) is 10.6 Å². The van der Waals surface area contributed by atoms with Crippen LogP contribution in [0.15, 0.2) is 39.6 Å². The predicted molar refractivity (Wildman–Crippen MR) is 116 cm³/mol. The third kappa shape index (κ3) is 3.92. The molecule has 11 nitrogen and oxygen atoms in total. The van der Waals surface area contributed by atoms with E-state index in [9.17, 15) is 24.7 Å². The van der Waals surface area contributed by atoms with Gasteiger partial charge in [-0.25, -0.2) is 9.78 Å². The van der Waals surface area contributed by atoms with Crippen molar-refractivity contribution < 1.29 is 24.7 Å². The summed E-state index contributed by atoms with van der Waals surface area (Å²) < 4.78 is 0. The number of nitrogens with one attached hydrogen (secondary N) is 1. The molecule has 2 aromatic heterocycles. The van der Waals surface area contributed by atoms with Gasteiger partial charge in [-0.3, -0.25) is 19.5 Å². The Bertz CT molecular complexity index is 1140. The Kier molecular flexibility index (Phi) is 5.75. The second kappa shape index (κ2) is 8.49. The van der Waals surface area contributed by atoms with Gasteiger partial charge >= 0.3 is 5.97 Å². The number of nitrogens with two attached hydrogens (primary N) is 1. The highest BCUT2D eigenvalue weighted by Gasteiger charge is 2.54. The van der Waals surface area contributed by atoms with Crippen molar-refractivity contribution in [3.05, 3.63) is 45.0 Å². The average molecular weight is 479 g/mol. The SMILES string of the molecule is Nc1nc(C(=NO)C(=O)NC2C(=O)N3C(C(=O)O)=C(C=Cc4cncs4)CS[C@H]23)cs1. The Morgan fingerprint density at radius 2 is 2.16 bits per heavy atom. The largest absolute Gasteiger partial charge is 0.477 e. The number of carbonyl (C=O) groups excluding carboxylic acids is 2. The molecule has 0 spiro atoms. The minimum absolute atomic E-state index is 0.0732. The summed E-state index contributed by atoms with van der Waals surface area (Å²) in [5.74, 6) is -2.28. The van der Waals surface area contributed by atoms with Crippen molar-refractivity contribution in [2.45, 2.75) is 11.4 Å². The highest BCUT2D eigenvalue weighted by molar-refractivity contribution is 8.00. The monoisotopic (exact) mass is 478 g/mol. The Hall–Kier alpha value is -3.23. The maximum atomic E-state index is 12.7. The highest BCUT2D eigenvalue weighted by Crippen LogP contribution is 2.40. The molecule has 4 heterocycles. The molecule has 2 amide bonds. The van der Waals surface area contributed by atoms with Crippen molar-refractivity contribution in [1.82, 2.24) is 20.2 Å². The molecule has 160 valence electrons. The standard InChI is InChI=1S/C17H14N6O5S3/c18-17-20-9(5-30-17)10(22-28)13(24)21-11-14(25)23-12(16(26)27)7(4-29-15(11)23)1-2-8-3-19-6-31-8/h1-3,5-6,11,15,28H,4H2,(H2,18,20)(H,21,24)(H,26,27)/t11?,15-/m1/s1. The van der Waals surface area contributed by atoms with Gasteiger partial charge in [-0.1, -0.05) is 11.2 Å². The first kappa shape index (κ1) is 21.0. The lowest BCUT2D eigenvalue weighted by Gasteiger charge is -2.49. The molecule has 0 aliphatic carbocycles. The zero-order valence-electron chi connectivity index (χ0n) is 15.5. The maximum Gasteiger partial charge on any atom is 0.352 e. The second-order valence-corrected chi connectivity index (χ2v) is 9.21. The number of fused-ring (bicyclic) bond motifs is 1. The zero-order valence-corrected chi connectivity index (χ0v) is 17.9. The summed E-state index contributed by atoms with van der Waals surface area (Å²) in [7, 11) is 0. The van der Waals surface area contributed by atoms with Gasteiger partial charge in [0.05, 0.1) is 5.51 Å². The molecule has 0 aromatic carbocycles. The number of hydrogen-bond donors (Lipinski definition) is 4. The number of aromatic nitrogens is 2. The van der Waals surface area contributed by atoms with Crippen LogP contribution in [0.4, 0.5) is 5.13 Å². The quantitative estimate of drug-likeness (QED) is 0.203. The van der Waals surface area contributed by atoms with Crippen LogP contribution in [0.3, 0.4) is 0 Å². The van der Waals surface area contributed by atoms with E-state index in [1.165, 1.54) is 28.5 Å². The lowest BCUT2D eigenvalue weighted by atomic mass is 10.0. The topological polar surface area (TPSA) is 171 Å². The summed E-state index contributed by atoms with van der Waals surface area (Å²) in [5.41, 5.74) is 7.24. The van der Waals surface area contributed by atoms with Crippen LogP contribution in [0.5, 0.6) is 0 Å². The maximum absolute atomic E-state index is 12.7. The molecule has 2 aliphatic heterocycles. The molecule has 1 unspecified atom stereocenters. The van der Waals surface area contributed by atoms with E-state index in [2.05, 4.69) is 20.4 Å². The number of hydrogen-bond acceptors (Lipinski definition) is 11. The summed E-state index contributed by atoms with van der Waals surface area (Å²) in [6, 6.07) is -0.966. The molecule has 2 atom stereocenters. The molecular weight excluding hydrogens is 464 g/mol. The third-order valence-electron chi connectivity index (χ3n) is 4.47. The van der Waals surface area contributed by atoms with Crippen LogP contribution in [-0.4, -0.2) is 65.8 Å². The summed E-state index contributed by atoms with van der Waals surface area (Å²) in [6.45, 7) is 0. The molecule has 1 fully saturated rings. The molecule has 0 saturated carbocycles. The minimum atomic E-state index is -1.23. The van der Waals surface area contributed by atoms with Gasteiger partial charge in [0, 0.05) is 22.2 Å².